The number of carbonyl (C=O) groups is 2. The molecule has 1 unspecified atom stereocenters. The van der Waals surface area contributed by atoms with E-state index >= 15 is 0 Å². The first-order chi connectivity index (χ1) is 15.9. The highest BCUT2D eigenvalue weighted by molar-refractivity contribution is 8.00. The summed E-state index contributed by atoms with van der Waals surface area (Å²) in [4.78, 5) is 26.1. The second-order valence-electron chi connectivity index (χ2n) is 7.42. The summed E-state index contributed by atoms with van der Waals surface area (Å²) in [6.45, 7) is 1.83. The zero-order valence-corrected chi connectivity index (χ0v) is 20.0. The fourth-order valence-electron chi connectivity index (χ4n) is 3.23. The van der Waals surface area contributed by atoms with Crippen LogP contribution in [0.25, 0.3) is 10.8 Å². The summed E-state index contributed by atoms with van der Waals surface area (Å²) >= 11 is 13.3. The van der Waals surface area contributed by atoms with Crippen molar-refractivity contribution in [1.82, 2.24) is 0 Å². The van der Waals surface area contributed by atoms with Gasteiger partial charge in [-0.3, -0.25) is 9.59 Å². The lowest BCUT2D eigenvalue weighted by atomic mass is 10.1. The minimum Gasteiger partial charge on any atom is -0.325 e. The summed E-state index contributed by atoms with van der Waals surface area (Å²) in [6.07, 6.45) is 0. The number of nitrogens with one attached hydrogen (secondary N) is 2. The minimum absolute atomic E-state index is 0.146. The Morgan fingerprint density at radius 1 is 0.758 bits per heavy atom. The number of hydrogen-bond donors (Lipinski definition) is 2. The van der Waals surface area contributed by atoms with E-state index in [2.05, 4.69) is 10.6 Å². The monoisotopic (exact) mass is 494 g/mol. The third kappa shape index (κ3) is 5.88. The Hall–Kier alpha value is -2.99. The molecule has 0 aromatic heterocycles. The molecule has 4 rings (SSSR count). The smallest absolute Gasteiger partial charge is 0.255 e. The molecule has 0 saturated heterocycles. The number of carbonyl (C=O) groups excluding carboxylic acids is 2. The van der Waals surface area contributed by atoms with Crippen LogP contribution >= 0.6 is 35.0 Å². The highest BCUT2D eigenvalue weighted by Crippen LogP contribution is 2.28. The van der Waals surface area contributed by atoms with Crippen LogP contribution in [-0.4, -0.2) is 17.1 Å². The number of halogens is 2. The maximum absolute atomic E-state index is 12.6. The van der Waals surface area contributed by atoms with Crippen LogP contribution in [0.4, 0.5) is 11.4 Å². The fraction of sp³-hybridized carbons (Fsp3) is 0.0769. The minimum atomic E-state index is -0.336. The van der Waals surface area contributed by atoms with Crippen molar-refractivity contribution in [2.45, 2.75) is 17.1 Å². The van der Waals surface area contributed by atoms with E-state index in [-0.39, 0.29) is 17.1 Å². The molecule has 4 aromatic rings. The maximum Gasteiger partial charge on any atom is 0.255 e. The quantitative estimate of drug-likeness (QED) is 0.272. The van der Waals surface area contributed by atoms with Gasteiger partial charge in [-0.05, 0) is 72.3 Å². The van der Waals surface area contributed by atoms with Crippen LogP contribution in [0.5, 0.6) is 0 Å². The van der Waals surface area contributed by atoms with E-state index in [1.54, 1.807) is 18.2 Å². The summed E-state index contributed by atoms with van der Waals surface area (Å²) in [7, 11) is 0. The SMILES string of the molecule is CC(Sc1ccc(NC(=O)c2ccc3ccccc3c2)cc1)C(=O)Nc1ccc(Cl)c(Cl)c1. The van der Waals surface area contributed by atoms with Gasteiger partial charge in [-0.1, -0.05) is 53.5 Å². The molecule has 166 valence electrons. The lowest BCUT2D eigenvalue weighted by Gasteiger charge is -2.13. The van der Waals surface area contributed by atoms with E-state index in [0.717, 1.165) is 15.7 Å². The topological polar surface area (TPSA) is 58.2 Å². The Balaban J connectivity index is 1.35. The van der Waals surface area contributed by atoms with Gasteiger partial charge in [-0.2, -0.15) is 0 Å². The third-order valence-corrected chi connectivity index (χ3v) is 6.84. The molecule has 0 aliphatic heterocycles. The molecule has 1 atom stereocenters. The van der Waals surface area contributed by atoms with Crippen LogP contribution in [0.1, 0.15) is 17.3 Å². The molecular formula is C26H20Cl2N2O2S. The molecule has 0 aliphatic carbocycles. The van der Waals surface area contributed by atoms with Gasteiger partial charge in [0.05, 0.1) is 15.3 Å². The highest BCUT2D eigenvalue weighted by Gasteiger charge is 2.15. The normalized spacial score (nSPS) is 11.7. The zero-order chi connectivity index (χ0) is 23.4. The van der Waals surface area contributed by atoms with Gasteiger partial charge >= 0.3 is 0 Å². The molecule has 0 fully saturated rings. The Labute approximate surface area is 206 Å². The summed E-state index contributed by atoms with van der Waals surface area (Å²) in [5, 5.41) is 8.35. The Morgan fingerprint density at radius 2 is 1.45 bits per heavy atom. The molecule has 2 amide bonds. The van der Waals surface area contributed by atoms with Crippen molar-refractivity contribution in [3.05, 3.63) is 101 Å². The molecule has 0 heterocycles. The summed E-state index contributed by atoms with van der Waals surface area (Å²) in [6, 6.07) is 25.9. The Morgan fingerprint density at radius 3 is 2.18 bits per heavy atom. The Kier molecular flexibility index (Phi) is 7.23. The standard InChI is InChI=1S/C26H20Cl2N2O2S/c1-16(25(31)30-21-10-13-23(27)24(28)15-21)33-22-11-8-20(9-12-22)29-26(32)19-7-6-17-4-2-3-5-18(17)14-19/h2-16H,1H3,(H,29,32)(H,30,31). The van der Waals surface area contributed by atoms with Gasteiger partial charge in [0, 0.05) is 21.8 Å². The molecule has 0 bridgehead atoms. The van der Waals surface area contributed by atoms with Gasteiger partial charge in [0.2, 0.25) is 5.91 Å². The first-order valence-electron chi connectivity index (χ1n) is 10.2. The summed E-state index contributed by atoms with van der Waals surface area (Å²) in [5.41, 5.74) is 1.87. The molecule has 0 spiro atoms. The number of anilines is 2. The van der Waals surface area contributed by atoms with Crippen LogP contribution < -0.4 is 10.6 Å². The Bertz CT molecular complexity index is 1330. The van der Waals surface area contributed by atoms with Gasteiger partial charge in [0.25, 0.3) is 5.91 Å². The van der Waals surface area contributed by atoms with Crippen molar-refractivity contribution in [3.8, 4) is 0 Å². The van der Waals surface area contributed by atoms with Gasteiger partial charge < -0.3 is 10.6 Å². The lowest BCUT2D eigenvalue weighted by Crippen LogP contribution is -2.22. The number of fused-ring (bicyclic) bond motifs is 1. The number of thioether (sulfide) groups is 1. The largest absolute Gasteiger partial charge is 0.325 e. The molecule has 33 heavy (non-hydrogen) atoms. The van der Waals surface area contributed by atoms with Crippen molar-refractivity contribution in [2.24, 2.45) is 0 Å². The van der Waals surface area contributed by atoms with E-state index in [0.29, 0.717) is 27.0 Å². The number of benzene rings is 4. The van der Waals surface area contributed by atoms with E-state index in [1.807, 2.05) is 73.7 Å². The van der Waals surface area contributed by atoms with E-state index in [1.165, 1.54) is 11.8 Å². The molecule has 0 aliphatic rings. The maximum atomic E-state index is 12.6. The van der Waals surface area contributed by atoms with Crippen molar-refractivity contribution in [2.75, 3.05) is 10.6 Å². The predicted molar refractivity (Wildman–Crippen MR) is 139 cm³/mol. The number of hydrogen-bond acceptors (Lipinski definition) is 3. The van der Waals surface area contributed by atoms with Crippen LogP contribution in [-0.2, 0) is 4.79 Å². The zero-order valence-electron chi connectivity index (χ0n) is 17.6. The summed E-state index contributed by atoms with van der Waals surface area (Å²) in [5.74, 6) is -0.317. The second kappa shape index (κ2) is 10.3. The van der Waals surface area contributed by atoms with Crippen molar-refractivity contribution >= 4 is 68.9 Å². The van der Waals surface area contributed by atoms with Crippen molar-refractivity contribution in [3.63, 3.8) is 0 Å². The molecule has 0 radical (unpaired) electrons. The fourth-order valence-corrected chi connectivity index (χ4v) is 4.39. The number of rotatable bonds is 6. The van der Waals surface area contributed by atoms with Gasteiger partial charge in [0.1, 0.15) is 0 Å². The van der Waals surface area contributed by atoms with Gasteiger partial charge in [-0.25, -0.2) is 0 Å². The first kappa shape index (κ1) is 23.2. The van der Waals surface area contributed by atoms with Crippen LogP contribution in [0.2, 0.25) is 10.0 Å². The highest BCUT2D eigenvalue weighted by atomic mass is 35.5. The van der Waals surface area contributed by atoms with E-state index in [4.69, 9.17) is 23.2 Å². The predicted octanol–water partition coefficient (Wildman–Crippen LogP) is 7.52. The van der Waals surface area contributed by atoms with Gasteiger partial charge in [0.15, 0.2) is 0 Å². The molecule has 2 N–H and O–H groups in total. The lowest BCUT2D eigenvalue weighted by molar-refractivity contribution is -0.115. The first-order valence-corrected chi connectivity index (χ1v) is 11.9. The number of amides is 2. The molecule has 4 aromatic carbocycles. The second-order valence-corrected chi connectivity index (χ2v) is 9.65. The average Bonchev–Trinajstić information content (AvgIpc) is 2.82. The molecule has 0 saturated carbocycles. The van der Waals surface area contributed by atoms with E-state index < -0.39 is 0 Å². The summed E-state index contributed by atoms with van der Waals surface area (Å²) < 4.78 is 0. The van der Waals surface area contributed by atoms with Crippen LogP contribution in [0, 0.1) is 0 Å². The molecular weight excluding hydrogens is 475 g/mol. The van der Waals surface area contributed by atoms with Crippen molar-refractivity contribution in [1.29, 1.82) is 0 Å². The van der Waals surface area contributed by atoms with Crippen LogP contribution in [0.15, 0.2) is 89.8 Å². The third-order valence-electron chi connectivity index (χ3n) is 4.99. The molecule has 7 heteroatoms. The van der Waals surface area contributed by atoms with Gasteiger partial charge in [-0.15, -0.1) is 11.8 Å². The van der Waals surface area contributed by atoms with Crippen molar-refractivity contribution < 1.29 is 9.59 Å². The van der Waals surface area contributed by atoms with E-state index in [9.17, 15) is 9.59 Å². The molecule has 4 nitrogen and oxygen atoms in total. The van der Waals surface area contributed by atoms with Crippen LogP contribution in [0.3, 0.4) is 0 Å². The average molecular weight is 495 g/mol.